The topological polar surface area (TPSA) is 104 Å². The summed E-state index contributed by atoms with van der Waals surface area (Å²) in [5.41, 5.74) is 0.795. The van der Waals surface area contributed by atoms with E-state index < -0.39 is 35.0 Å². The molecule has 3 aromatic rings. The number of rotatable bonds is 4. The van der Waals surface area contributed by atoms with Crippen LogP contribution in [0, 0.1) is 29.1 Å². The lowest BCUT2D eigenvalue weighted by atomic mass is 9.51. The lowest BCUT2D eigenvalue weighted by Gasteiger charge is -2.49. The van der Waals surface area contributed by atoms with Gasteiger partial charge in [-0.2, -0.15) is 0 Å². The van der Waals surface area contributed by atoms with Gasteiger partial charge in [0.25, 0.3) is 0 Å². The van der Waals surface area contributed by atoms with Gasteiger partial charge in [0, 0.05) is 16.5 Å². The number of allylic oxidation sites excluding steroid dienone is 2. The first-order valence-corrected chi connectivity index (χ1v) is 14.7. The van der Waals surface area contributed by atoms with Crippen LogP contribution in [0.4, 0.5) is 11.4 Å². The molecule has 0 aromatic heterocycles. The van der Waals surface area contributed by atoms with Gasteiger partial charge < -0.3 is 9.84 Å². The van der Waals surface area contributed by atoms with E-state index in [1.165, 1.54) is 23.0 Å². The number of ether oxygens (including phenoxy) is 1. The summed E-state index contributed by atoms with van der Waals surface area (Å²) in [6.45, 7) is 1.78. The van der Waals surface area contributed by atoms with Gasteiger partial charge in [0.15, 0.2) is 0 Å². The maximum atomic E-state index is 14.5. The number of fused-ring (bicyclic) bond motifs is 4. The van der Waals surface area contributed by atoms with E-state index in [-0.39, 0.29) is 35.8 Å². The summed E-state index contributed by atoms with van der Waals surface area (Å²) in [6.07, 6.45) is 2.46. The van der Waals surface area contributed by atoms with E-state index in [2.05, 4.69) is 0 Å². The second kappa shape index (κ2) is 9.81. The minimum atomic E-state index is -1.28. The molecule has 3 aromatic carbocycles. The third kappa shape index (κ3) is 3.75. The Bertz CT molecular complexity index is 1720. The lowest BCUT2D eigenvalue weighted by Crippen LogP contribution is -2.49. The number of para-hydroxylation sites is 1. The molecule has 2 saturated heterocycles. The molecular formula is C34H29ClN2O6. The summed E-state index contributed by atoms with van der Waals surface area (Å²) >= 11 is 6.07. The van der Waals surface area contributed by atoms with Crippen LogP contribution < -0.4 is 14.5 Å². The SMILES string of the molecule is COc1cccc(O)c1[C@H]1C2=CC[C@@H]3C(=O)N(c4ccc(Cl)cc4)C(=O)[C@@H]3[C@@H]2C[C@H]2C(=O)N(c3ccccc3)C(=O)[C@@]12C. The number of methoxy groups -OCH3 is 1. The number of imide groups is 2. The standard InChI is InChI=1S/C34H29ClN2O6/c1-34-24(31(40)37(33(34)42)19-7-4-3-5-8-19)17-23-21(29(34)28-25(38)9-6-10-26(28)43-2)15-16-22-27(23)32(41)36(30(22)39)20-13-11-18(35)12-14-20/h3-15,22-24,27,29,38H,16-17H2,1-2H3/t22-,23+,24-,27-,29+,34+/m0/s1. The Morgan fingerprint density at radius 1 is 0.837 bits per heavy atom. The van der Waals surface area contributed by atoms with E-state index in [4.69, 9.17) is 16.3 Å². The molecule has 9 heteroatoms. The first kappa shape index (κ1) is 27.4. The van der Waals surface area contributed by atoms with Gasteiger partial charge >= 0.3 is 0 Å². The van der Waals surface area contributed by atoms with Gasteiger partial charge in [-0.25, -0.2) is 4.90 Å². The molecule has 8 nitrogen and oxygen atoms in total. The molecule has 6 atom stereocenters. The number of carbonyl (C=O) groups is 4. The monoisotopic (exact) mass is 596 g/mol. The highest BCUT2D eigenvalue weighted by Crippen LogP contribution is 2.65. The summed E-state index contributed by atoms with van der Waals surface area (Å²) in [6, 6.07) is 20.3. The average Bonchev–Trinajstić information content (AvgIpc) is 3.38. The number of hydrogen-bond acceptors (Lipinski definition) is 6. The van der Waals surface area contributed by atoms with Gasteiger partial charge in [0.1, 0.15) is 11.5 Å². The summed E-state index contributed by atoms with van der Waals surface area (Å²) in [4.78, 5) is 59.0. The van der Waals surface area contributed by atoms with Crippen LogP contribution in [0.1, 0.15) is 31.2 Å². The van der Waals surface area contributed by atoms with Crippen LogP contribution >= 0.6 is 11.6 Å². The molecule has 2 aliphatic heterocycles. The summed E-state index contributed by atoms with van der Waals surface area (Å²) in [7, 11) is 1.49. The molecule has 1 saturated carbocycles. The molecule has 3 fully saturated rings. The summed E-state index contributed by atoms with van der Waals surface area (Å²) in [5.74, 6) is -4.46. The predicted molar refractivity (Wildman–Crippen MR) is 160 cm³/mol. The van der Waals surface area contributed by atoms with Gasteiger partial charge in [-0.1, -0.05) is 47.5 Å². The Labute approximate surface area is 253 Å². The van der Waals surface area contributed by atoms with E-state index in [9.17, 15) is 24.3 Å². The fourth-order valence-corrected chi connectivity index (χ4v) is 8.12. The summed E-state index contributed by atoms with van der Waals surface area (Å²) in [5, 5.41) is 11.8. The molecule has 0 spiro atoms. The fraction of sp³-hybridized carbons (Fsp3) is 0.294. The minimum Gasteiger partial charge on any atom is -0.508 e. The molecule has 2 aliphatic carbocycles. The van der Waals surface area contributed by atoms with Crippen molar-refractivity contribution in [1.29, 1.82) is 0 Å². The minimum absolute atomic E-state index is 0.0666. The maximum Gasteiger partial charge on any atom is 0.241 e. The fourth-order valence-electron chi connectivity index (χ4n) is 7.99. The van der Waals surface area contributed by atoms with Crippen molar-refractivity contribution in [1.82, 2.24) is 0 Å². The van der Waals surface area contributed by atoms with Crippen molar-refractivity contribution >= 4 is 46.6 Å². The Kier molecular flexibility index (Phi) is 6.25. The second-order valence-electron chi connectivity index (χ2n) is 11.9. The number of nitrogens with zero attached hydrogens (tertiary/aromatic N) is 2. The molecule has 2 heterocycles. The molecule has 0 radical (unpaired) electrons. The Morgan fingerprint density at radius 2 is 1.53 bits per heavy atom. The van der Waals surface area contributed by atoms with E-state index >= 15 is 0 Å². The first-order chi connectivity index (χ1) is 20.7. The highest BCUT2D eigenvalue weighted by atomic mass is 35.5. The van der Waals surface area contributed by atoms with Gasteiger partial charge in [0.2, 0.25) is 23.6 Å². The number of phenols is 1. The molecule has 4 amide bonds. The van der Waals surface area contributed by atoms with Crippen LogP contribution in [-0.4, -0.2) is 35.8 Å². The third-order valence-corrected chi connectivity index (χ3v) is 10.2. The molecule has 0 bridgehead atoms. The predicted octanol–water partition coefficient (Wildman–Crippen LogP) is 5.49. The van der Waals surface area contributed by atoms with Crippen LogP contribution in [0.3, 0.4) is 0 Å². The number of hydrogen-bond donors (Lipinski definition) is 1. The lowest BCUT2D eigenvalue weighted by molar-refractivity contribution is -0.131. The smallest absolute Gasteiger partial charge is 0.241 e. The maximum absolute atomic E-state index is 14.5. The van der Waals surface area contributed by atoms with E-state index in [0.29, 0.717) is 34.1 Å². The number of benzene rings is 3. The number of aromatic hydroxyl groups is 1. The molecule has 43 heavy (non-hydrogen) atoms. The zero-order valence-electron chi connectivity index (χ0n) is 23.6. The largest absolute Gasteiger partial charge is 0.508 e. The number of halogens is 1. The van der Waals surface area contributed by atoms with Crippen LogP contribution in [0.2, 0.25) is 5.02 Å². The van der Waals surface area contributed by atoms with Crippen molar-refractivity contribution in [2.75, 3.05) is 16.9 Å². The van der Waals surface area contributed by atoms with Gasteiger partial charge in [-0.15, -0.1) is 0 Å². The van der Waals surface area contributed by atoms with Crippen molar-refractivity contribution in [3.63, 3.8) is 0 Å². The Hall–Kier alpha value is -4.43. The highest BCUT2D eigenvalue weighted by molar-refractivity contribution is 6.31. The van der Waals surface area contributed by atoms with Crippen LogP contribution in [0.25, 0.3) is 0 Å². The van der Waals surface area contributed by atoms with E-state index in [1.54, 1.807) is 67.6 Å². The molecule has 0 unspecified atom stereocenters. The highest BCUT2D eigenvalue weighted by Gasteiger charge is 2.68. The number of amides is 4. The second-order valence-corrected chi connectivity index (χ2v) is 12.3. The molecule has 7 rings (SSSR count). The van der Waals surface area contributed by atoms with Crippen LogP contribution in [0.5, 0.6) is 11.5 Å². The van der Waals surface area contributed by atoms with Gasteiger partial charge in [0.05, 0.1) is 41.7 Å². The number of anilines is 2. The van der Waals surface area contributed by atoms with Crippen LogP contribution in [-0.2, 0) is 19.2 Å². The van der Waals surface area contributed by atoms with Gasteiger partial charge in [-0.05, 0) is 74.2 Å². The van der Waals surface area contributed by atoms with Crippen molar-refractivity contribution in [3.05, 3.63) is 95.0 Å². The van der Waals surface area contributed by atoms with E-state index in [1.807, 2.05) is 12.1 Å². The first-order valence-electron chi connectivity index (χ1n) is 14.3. The van der Waals surface area contributed by atoms with Crippen molar-refractivity contribution < 1.29 is 29.0 Å². The number of carbonyl (C=O) groups excluding carboxylic acids is 4. The van der Waals surface area contributed by atoms with Gasteiger partial charge in [-0.3, -0.25) is 24.1 Å². The number of phenolic OH excluding ortho intramolecular Hbond substituents is 1. The van der Waals surface area contributed by atoms with Crippen molar-refractivity contribution in [2.45, 2.75) is 25.7 Å². The molecular weight excluding hydrogens is 568 g/mol. The summed E-state index contributed by atoms with van der Waals surface area (Å²) < 4.78 is 5.70. The Balaban J connectivity index is 1.40. The van der Waals surface area contributed by atoms with E-state index in [0.717, 1.165) is 5.57 Å². The molecule has 1 N–H and O–H groups in total. The van der Waals surface area contributed by atoms with Crippen molar-refractivity contribution in [3.8, 4) is 11.5 Å². The zero-order valence-corrected chi connectivity index (χ0v) is 24.3. The Morgan fingerprint density at radius 3 is 2.23 bits per heavy atom. The molecule has 218 valence electrons. The quantitative estimate of drug-likeness (QED) is 0.316. The normalized spacial score (nSPS) is 29.7. The zero-order chi connectivity index (χ0) is 30.2. The molecule has 4 aliphatic rings. The average molecular weight is 597 g/mol. The van der Waals surface area contributed by atoms with Crippen molar-refractivity contribution in [2.24, 2.45) is 29.1 Å². The third-order valence-electron chi connectivity index (χ3n) is 9.93. The van der Waals surface area contributed by atoms with Crippen LogP contribution in [0.15, 0.2) is 84.4 Å².